The van der Waals surface area contributed by atoms with Crippen LogP contribution in [-0.2, 0) is 4.79 Å². The first-order valence-electron chi connectivity index (χ1n) is 6.66. The van der Waals surface area contributed by atoms with Crippen LogP contribution in [0.4, 0.5) is 0 Å². The summed E-state index contributed by atoms with van der Waals surface area (Å²) in [6, 6.07) is 10.2. The van der Waals surface area contributed by atoms with Crippen LogP contribution in [0, 0.1) is 5.92 Å². The molecule has 0 unspecified atom stereocenters. The molecule has 2 heterocycles. The number of rotatable bonds is 2. The number of nitrogens with zero attached hydrogens (tertiary/aromatic N) is 1. The molecule has 18 heavy (non-hydrogen) atoms. The van der Waals surface area contributed by atoms with E-state index in [0.29, 0.717) is 12.5 Å². The lowest BCUT2D eigenvalue weighted by Gasteiger charge is -2.38. The zero-order chi connectivity index (χ0) is 12.7. The van der Waals surface area contributed by atoms with Gasteiger partial charge in [0.15, 0.2) is 0 Å². The van der Waals surface area contributed by atoms with Gasteiger partial charge in [0.05, 0.1) is 12.0 Å². The lowest BCUT2D eigenvalue weighted by atomic mass is 9.82. The van der Waals surface area contributed by atoms with Gasteiger partial charge in [0.2, 0.25) is 0 Å². The number of Topliss-reactive ketones (excluding diaryl/α,β-unsaturated/α-hetero) is 1. The quantitative estimate of drug-likeness (QED) is 0.863. The molecular formula is C15H19NO2. The Morgan fingerprint density at radius 1 is 1.28 bits per heavy atom. The Bertz CT molecular complexity index is 445. The molecule has 2 saturated heterocycles. The number of hydrogen-bond acceptors (Lipinski definition) is 3. The maximum atomic E-state index is 12.2. The summed E-state index contributed by atoms with van der Waals surface area (Å²) in [6.07, 6.45) is 2.05. The molecule has 0 aliphatic carbocycles. The molecule has 2 bridgehead atoms. The van der Waals surface area contributed by atoms with Crippen LogP contribution >= 0.6 is 0 Å². The van der Waals surface area contributed by atoms with Crippen LogP contribution < -0.4 is 0 Å². The van der Waals surface area contributed by atoms with Crippen molar-refractivity contribution in [3.8, 4) is 0 Å². The Kier molecular flexibility index (Phi) is 2.96. The summed E-state index contributed by atoms with van der Waals surface area (Å²) in [6.45, 7) is 0. The number of aliphatic hydroxyl groups is 1. The number of hydrogen-bond donors (Lipinski definition) is 1. The number of fused-ring (bicyclic) bond motifs is 2. The summed E-state index contributed by atoms with van der Waals surface area (Å²) in [5.41, 5.74) is 0.856. The highest BCUT2D eigenvalue weighted by Gasteiger charge is 2.47. The zero-order valence-electron chi connectivity index (χ0n) is 10.6. The molecular weight excluding hydrogens is 226 g/mol. The Hall–Kier alpha value is -1.19. The molecule has 96 valence electrons. The van der Waals surface area contributed by atoms with Crippen LogP contribution in [-0.4, -0.2) is 34.9 Å². The van der Waals surface area contributed by atoms with Crippen molar-refractivity contribution in [3.63, 3.8) is 0 Å². The second-order valence-corrected chi connectivity index (χ2v) is 5.52. The Labute approximate surface area is 107 Å². The van der Waals surface area contributed by atoms with Gasteiger partial charge in [0.25, 0.3) is 0 Å². The van der Waals surface area contributed by atoms with E-state index in [-0.39, 0.29) is 17.7 Å². The van der Waals surface area contributed by atoms with Crippen LogP contribution in [0.25, 0.3) is 0 Å². The minimum Gasteiger partial charge on any atom is -0.388 e. The van der Waals surface area contributed by atoms with Crippen molar-refractivity contribution < 1.29 is 9.90 Å². The Morgan fingerprint density at radius 3 is 2.72 bits per heavy atom. The molecule has 1 aromatic carbocycles. The van der Waals surface area contributed by atoms with Gasteiger partial charge in [0, 0.05) is 18.5 Å². The SMILES string of the molecule is CN1[C@@H]2CC[C@H]1[C@H]([C@H](O)c1ccccc1)C(=O)C2. The van der Waals surface area contributed by atoms with E-state index in [1.165, 1.54) is 0 Å². The van der Waals surface area contributed by atoms with E-state index in [1.807, 2.05) is 30.3 Å². The van der Waals surface area contributed by atoms with Crippen molar-refractivity contribution >= 4 is 5.78 Å². The van der Waals surface area contributed by atoms with E-state index in [1.54, 1.807) is 0 Å². The summed E-state index contributed by atoms with van der Waals surface area (Å²) in [5.74, 6) is -0.0203. The van der Waals surface area contributed by atoms with Crippen LogP contribution in [0.15, 0.2) is 30.3 Å². The molecule has 0 radical (unpaired) electrons. The Morgan fingerprint density at radius 2 is 2.00 bits per heavy atom. The fourth-order valence-electron chi connectivity index (χ4n) is 3.55. The van der Waals surface area contributed by atoms with E-state index in [0.717, 1.165) is 18.4 Å². The van der Waals surface area contributed by atoms with Gasteiger partial charge in [-0.05, 0) is 25.5 Å². The molecule has 3 rings (SSSR count). The second kappa shape index (κ2) is 4.48. The van der Waals surface area contributed by atoms with Crippen molar-refractivity contribution in [1.82, 2.24) is 4.90 Å². The van der Waals surface area contributed by atoms with Crippen LogP contribution in [0.5, 0.6) is 0 Å². The minimum atomic E-state index is -0.662. The van der Waals surface area contributed by atoms with E-state index >= 15 is 0 Å². The molecule has 2 aliphatic heterocycles. The number of carbonyl (C=O) groups excluding carboxylic acids is 1. The van der Waals surface area contributed by atoms with Crippen molar-refractivity contribution in [2.24, 2.45) is 5.92 Å². The van der Waals surface area contributed by atoms with E-state index in [9.17, 15) is 9.90 Å². The van der Waals surface area contributed by atoms with E-state index in [2.05, 4.69) is 11.9 Å². The molecule has 2 aliphatic rings. The summed E-state index contributed by atoms with van der Waals surface area (Å²) in [4.78, 5) is 14.5. The van der Waals surface area contributed by atoms with Crippen LogP contribution in [0.3, 0.4) is 0 Å². The third kappa shape index (κ3) is 1.78. The summed E-state index contributed by atoms with van der Waals surface area (Å²) in [7, 11) is 2.08. The lowest BCUT2D eigenvalue weighted by Crippen LogP contribution is -2.49. The first-order chi connectivity index (χ1) is 8.68. The minimum absolute atomic E-state index is 0.214. The average molecular weight is 245 g/mol. The molecule has 0 amide bonds. The smallest absolute Gasteiger partial charge is 0.142 e. The first kappa shape index (κ1) is 11.9. The van der Waals surface area contributed by atoms with Gasteiger partial charge in [-0.3, -0.25) is 9.69 Å². The predicted octanol–water partition coefficient (Wildman–Crippen LogP) is 1.77. The van der Waals surface area contributed by atoms with Gasteiger partial charge in [-0.25, -0.2) is 0 Å². The largest absolute Gasteiger partial charge is 0.388 e. The van der Waals surface area contributed by atoms with Gasteiger partial charge in [0.1, 0.15) is 5.78 Å². The van der Waals surface area contributed by atoms with Gasteiger partial charge >= 0.3 is 0 Å². The highest BCUT2D eigenvalue weighted by molar-refractivity contribution is 5.84. The van der Waals surface area contributed by atoms with E-state index in [4.69, 9.17) is 0 Å². The predicted molar refractivity (Wildman–Crippen MR) is 69.1 cm³/mol. The summed E-state index contributed by atoms with van der Waals surface area (Å²) < 4.78 is 0. The number of aliphatic hydroxyl groups excluding tert-OH is 1. The average Bonchev–Trinajstić information content (AvgIpc) is 2.63. The molecule has 1 N–H and O–H groups in total. The molecule has 0 aromatic heterocycles. The number of ketones is 1. The topological polar surface area (TPSA) is 40.5 Å². The van der Waals surface area contributed by atoms with E-state index < -0.39 is 6.10 Å². The van der Waals surface area contributed by atoms with Gasteiger partial charge < -0.3 is 5.11 Å². The highest BCUT2D eigenvalue weighted by Crippen LogP contribution is 2.41. The van der Waals surface area contributed by atoms with Crippen LogP contribution in [0.2, 0.25) is 0 Å². The fourth-order valence-corrected chi connectivity index (χ4v) is 3.55. The van der Waals surface area contributed by atoms with Crippen molar-refractivity contribution in [3.05, 3.63) is 35.9 Å². The maximum Gasteiger partial charge on any atom is 0.142 e. The van der Waals surface area contributed by atoms with Gasteiger partial charge in [-0.1, -0.05) is 30.3 Å². The first-order valence-corrected chi connectivity index (χ1v) is 6.66. The molecule has 0 spiro atoms. The molecule has 3 nitrogen and oxygen atoms in total. The number of benzene rings is 1. The van der Waals surface area contributed by atoms with Gasteiger partial charge in [-0.15, -0.1) is 0 Å². The third-order valence-corrected chi connectivity index (χ3v) is 4.60. The van der Waals surface area contributed by atoms with Crippen molar-refractivity contribution in [1.29, 1.82) is 0 Å². The monoisotopic (exact) mass is 245 g/mol. The van der Waals surface area contributed by atoms with Gasteiger partial charge in [-0.2, -0.15) is 0 Å². The van der Waals surface area contributed by atoms with Crippen molar-refractivity contribution in [2.45, 2.75) is 37.5 Å². The molecule has 1 aromatic rings. The maximum absolute atomic E-state index is 12.2. The molecule has 4 atom stereocenters. The molecule has 0 saturated carbocycles. The van der Waals surface area contributed by atoms with Crippen molar-refractivity contribution in [2.75, 3.05) is 7.05 Å². The highest BCUT2D eigenvalue weighted by atomic mass is 16.3. The fraction of sp³-hybridized carbons (Fsp3) is 0.533. The third-order valence-electron chi connectivity index (χ3n) is 4.60. The normalized spacial score (nSPS) is 33.7. The Balaban J connectivity index is 1.89. The second-order valence-electron chi connectivity index (χ2n) is 5.52. The zero-order valence-corrected chi connectivity index (χ0v) is 10.6. The van der Waals surface area contributed by atoms with Crippen LogP contribution in [0.1, 0.15) is 30.9 Å². The number of carbonyl (C=O) groups is 1. The standard InChI is InChI=1S/C15H19NO2/c1-16-11-7-8-12(16)14(13(17)9-11)15(18)10-5-3-2-4-6-10/h2-6,11-12,14-15,18H,7-9H2,1H3/t11-,12+,14+,15-/m1/s1. The molecule has 2 fully saturated rings. The lowest BCUT2D eigenvalue weighted by molar-refractivity contribution is -0.134. The summed E-state index contributed by atoms with van der Waals surface area (Å²) in [5, 5.41) is 10.5. The summed E-state index contributed by atoms with van der Waals surface area (Å²) >= 11 is 0. The number of piperidine rings is 1. The molecule has 3 heteroatoms.